The second kappa shape index (κ2) is 9.90. The van der Waals surface area contributed by atoms with E-state index >= 15 is 0 Å². The van der Waals surface area contributed by atoms with Gasteiger partial charge in [-0.05, 0) is 46.3 Å². The summed E-state index contributed by atoms with van der Waals surface area (Å²) < 4.78 is 5.40. The zero-order chi connectivity index (χ0) is 17.3. The Kier molecular flexibility index (Phi) is 8.58. The van der Waals surface area contributed by atoms with E-state index < -0.39 is 5.60 Å². The fourth-order valence-electron chi connectivity index (χ4n) is 2.25. The van der Waals surface area contributed by atoms with Gasteiger partial charge in [0.15, 0.2) is 5.96 Å². The van der Waals surface area contributed by atoms with Crippen LogP contribution in [0.15, 0.2) is 4.99 Å². The van der Waals surface area contributed by atoms with Crippen molar-refractivity contribution in [3.63, 3.8) is 0 Å². The van der Waals surface area contributed by atoms with Crippen LogP contribution in [-0.4, -0.2) is 66.8 Å². The first kappa shape index (κ1) is 19.9. The van der Waals surface area contributed by atoms with E-state index in [1.54, 1.807) is 11.9 Å². The summed E-state index contributed by atoms with van der Waals surface area (Å²) in [4.78, 5) is 18.0. The number of guanidine groups is 1. The minimum Gasteiger partial charge on any atom is -0.444 e. The zero-order valence-electron chi connectivity index (χ0n) is 15.1. The monoisotopic (exact) mass is 344 g/mol. The van der Waals surface area contributed by atoms with Gasteiger partial charge in [0.25, 0.3) is 0 Å². The molecule has 0 aromatic carbocycles. The first-order valence-corrected chi connectivity index (χ1v) is 9.44. The van der Waals surface area contributed by atoms with Crippen molar-refractivity contribution in [3.05, 3.63) is 0 Å². The first-order chi connectivity index (χ1) is 10.9. The molecular formula is C16H32N4O2S. The Bertz CT molecular complexity index is 390. The molecule has 134 valence electrons. The highest BCUT2D eigenvalue weighted by molar-refractivity contribution is 8.00. The lowest BCUT2D eigenvalue weighted by Gasteiger charge is -2.26. The van der Waals surface area contributed by atoms with Crippen molar-refractivity contribution in [1.29, 1.82) is 0 Å². The van der Waals surface area contributed by atoms with Crippen molar-refractivity contribution in [1.82, 2.24) is 15.5 Å². The third-order valence-electron chi connectivity index (χ3n) is 3.45. The highest BCUT2D eigenvalue weighted by Crippen LogP contribution is 2.25. The molecule has 23 heavy (non-hydrogen) atoms. The number of aliphatic imine (C=N–C) groups is 1. The molecular weight excluding hydrogens is 312 g/mol. The quantitative estimate of drug-likeness (QED) is 0.572. The molecule has 0 aliphatic carbocycles. The number of hydrogen-bond acceptors (Lipinski definition) is 4. The third kappa shape index (κ3) is 8.34. The number of nitrogens with one attached hydrogen (secondary N) is 2. The van der Waals surface area contributed by atoms with Crippen molar-refractivity contribution in [2.45, 2.75) is 51.4 Å². The van der Waals surface area contributed by atoms with Crippen LogP contribution in [0.2, 0.25) is 0 Å². The number of carbonyl (C=O) groups excluding carboxylic acids is 1. The van der Waals surface area contributed by atoms with Gasteiger partial charge in [0, 0.05) is 38.5 Å². The van der Waals surface area contributed by atoms with Gasteiger partial charge < -0.3 is 20.3 Å². The number of rotatable bonds is 6. The molecule has 1 atom stereocenters. The number of amides is 1. The topological polar surface area (TPSA) is 66.0 Å². The van der Waals surface area contributed by atoms with Crippen LogP contribution in [0, 0.1) is 0 Å². The van der Waals surface area contributed by atoms with Crippen LogP contribution in [0.4, 0.5) is 4.79 Å². The number of thioether (sulfide) groups is 1. The van der Waals surface area contributed by atoms with Gasteiger partial charge in [0.1, 0.15) is 5.60 Å². The van der Waals surface area contributed by atoms with Crippen LogP contribution in [0.3, 0.4) is 0 Å². The molecule has 1 aliphatic rings. The van der Waals surface area contributed by atoms with Crippen LogP contribution >= 0.6 is 11.8 Å². The maximum Gasteiger partial charge on any atom is 0.410 e. The molecule has 0 spiro atoms. The van der Waals surface area contributed by atoms with E-state index in [4.69, 9.17) is 4.74 Å². The number of likely N-dealkylation sites (N-methyl/N-ethyl adjacent to an activating group) is 1. The van der Waals surface area contributed by atoms with E-state index in [0.717, 1.165) is 12.5 Å². The molecule has 1 unspecified atom stereocenters. The zero-order valence-corrected chi connectivity index (χ0v) is 16.0. The molecule has 1 heterocycles. The van der Waals surface area contributed by atoms with E-state index in [-0.39, 0.29) is 6.09 Å². The third-order valence-corrected chi connectivity index (χ3v) is 4.85. The summed E-state index contributed by atoms with van der Waals surface area (Å²) in [6.07, 6.45) is 2.31. The molecule has 1 fully saturated rings. The summed E-state index contributed by atoms with van der Waals surface area (Å²) in [5.74, 6) is 2.05. The highest BCUT2D eigenvalue weighted by Gasteiger charge is 2.21. The second-order valence-electron chi connectivity index (χ2n) is 6.57. The normalized spacial score (nSPS) is 18.7. The highest BCUT2D eigenvalue weighted by atomic mass is 32.2. The molecule has 6 nitrogen and oxygen atoms in total. The van der Waals surface area contributed by atoms with E-state index in [2.05, 4.69) is 15.6 Å². The van der Waals surface area contributed by atoms with Crippen LogP contribution in [0.25, 0.3) is 0 Å². The Morgan fingerprint density at radius 3 is 2.65 bits per heavy atom. The van der Waals surface area contributed by atoms with Crippen molar-refractivity contribution >= 4 is 23.8 Å². The Balaban J connectivity index is 2.29. The molecule has 0 aromatic heterocycles. The lowest BCUT2D eigenvalue weighted by atomic mass is 10.2. The molecule has 0 radical (unpaired) electrons. The Hall–Kier alpha value is -1.11. The van der Waals surface area contributed by atoms with Crippen molar-refractivity contribution in [3.8, 4) is 0 Å². The summed E-state index contributed by atoms with van der Waals surface area (Å²) in [5, 5.41) is 7.29. The van der Waals surface area contributed by atoms with Crippen LogP contribution < -0.4 is 10.6 Å². The van der Waals surface area contributed by atoms with Crippen molar-refractivity contribution in [2.75, 3.05) is 39.0 Å². The first-order valence-electron chi connectivity index (χ1n) is 8.39. The smallest absolute Gasteiger partial charge is 0.410 e. The predicted molar refractivity (Wildman–Crippen MR) is 98.3 cm³/mol. The Morgan fingerprint density at radius 1 is 1.39 bits per heavy atom. The predicted octanol–water partition coefficient (Wildman–Crippen LogP) is 2.30. The molecule has 0 aromatic rings. The molecule has 2 N–H and O–H groups in total. The van der Waals surface area contributed by atoms with Crippen molar-refractivity contribution < 1.29 is 9.53 Å². The summed E-state index contributed by atoms with van der Waals surface area (Å²) in [6, 6.07) is 0. The molecule has 0 bridgehead atoms. The SMILES string of the molecule is CCN(CCNC(=NC)NCC1CCCS1)C(=O)OC(C)(C)C. The fraction of sp³-hybridized carbons (Fsp3) is 0.875. The fourth-order valence-corrected chi connectivity index (χ4v) is 3.45. The maximum atomic E-state index is 12.1. The minimum atomic E-state index is -0.464. The lowest BCUT2D eigenvalue weighted by Crippen LogP contribution is -2.45. The minimum absolute atomic E-state index is 0.271. The van der Waals surface area contributed by atoms with Crippen LogP contribution in [-0.2, 0) is 4.74 Å². The van der Waals surface area contributed by atoms with Gasteiger partial charge in [-0.15, -0.1) is 0 Å². The van der Waals surface area contributed by atoms with Crippen molar-refractivity contribution in [2.24, 2.45) is 4.99 Å². The Labute approximate surface area is 144 Å². The summed E-state index contributed by atoms with van der Waals surface area (Å²) in [6.45, 7) is 10.4. The van der Waals surface area contributed by atoms with Gasteiger partial charge in [-0.3, -0.25) is 4.99 Å². The van der Waals surface area contributed by atoms with Gasteiger partial charge >= 0.3 is 6.09 Å². The van der Waals surface area contributed by atoms with E-state index in [9.17, 15) is 4.79 Å². The van der Waals surface area contributed by atoms with E-state index in [0.29, 0.717) is 24.9 Å². The average molecular weight is 345 g/mol. The molecule has 1 saturated heterocycles. The van der Waals surface area contributed by atoms with Crippen LogP contribution in [0.1, 0.15) is 40.5 Å². The second-order valence-corrected chi connectivity index (χ2v) is 7.98. The van der Waals surface area contributed by atoms with E-state index in [1.807, 2.05) is 39.5 Å². The number of ether oxygens (including phenoxy) is 1. The lowest BCUT2D eigenvalue weighted by molar-refractivity contribution is 0.0264. The summed E-state index contributed by atoms with van der Waals surface area (Å²) in [7, 11) is 1.77. The molecule has 0 saturated carbocycles. The number of nitrogens with zero attached hydrogens (tertiary/aromatic N) is 2. The Morgan fingerprint density at radius 2 is 2.13 bits per heavy atom. The molecule has 1 rings (SSSR count). The largest absolute Gasteiger partial charge is 0.444 e. The molecule has 1 aliphatic heterocycles. The molecule has 1 amide bonds. The summed E-state index contributed by atoms with van der Waals surface area (Å²) in [5.41, 5.74) is -0.464. The maximum absolute atomic E-state index is 12.1. The average Bonchev–Trinajstić information content (AvgIpc) is 2.98. The number of hydrogen-bond donors (Lipinski definition) is 2. The number of carbonyl (C=O) groups is 1. The molecule has 7 heteroatoms. The van der Waals surface area contributed by atoms with Gasteiger partial charge in [-0.25, -0.2) is 4.79 Å². The van der Waals surface area contributed by atoms with Gasteiger partial charge in [-0.2, -0.15) is 11.8 Å². The standard InChI is InChI=1S/C16H32N4O2S/c1-6-20(15(21)22-16(2,3)4)10-9-18-14(17-5)19-12-13-8-7-11-23-13/h13H,6-12H2,1-5H3,(H2,17,18,19). The summed E-state index contributed by atoms with van der Waals surface area (Å²) >= 11 is 2.02. The van der Waals surface area contributed by atoms with Gasteiger partial charge in [-0.1, -0.05) is 0 Å². The van der Waals surface area contributed by atoms with Crippen LogP contribution in [0.5, 0.6) is 0 Å². The van der Waals surface area contributed by atoms with Gasteiger partial charge in [0.2, 0.25) is 0 Å². The van der Waals surface area contributed by atoms with Gasteiger partial charge in [0.05, 0.1) is 0 Å². The van der Waals surface area contributed by atoms with E-state index in [1.165, 1.54) is 18.6 Å².